The second-order valence-corrected chi connectivity index (χ2v) is 4.79. The van der Waals surface area contributed by atoms with Crippen LogP contribution in [0.25, 0.3) is 0 Å². The zero-order chi connectivity index (χ0) is 13.7. The summed E-state index contributed by atoms with van der Waals surface area (Å²) in [7, 11) is 3.69. The maximum atomic E-state index is 12.6. The summed E-state index contributed by atoms with van der Waals surface area (Å²) < 4.78 is 3.68. The minimum atomic E-state index is -0.0667. The Morgan fingerprint density at radius 3 is 2.20 bits per heavy atom. The minimum absolute atomic E-state index is 0. The van der Waals surface area contributed by atoms with E-state index < -0.39 is 0 Å². The van der Waals surface area contributed by atoms with E-state index in [1.54, 1.807) is 24.3 Å². The second kappa shape index (κ2) is 5.12. The van der Waals surface area contributed by atoms with Crippen LogP contribution in [0.15, 0.2) is 24.3 Å². The Labute approximate surface area is 134 Å². The number of carbonyl (C=O) groups is 2. The van der Waals surface area contributed by atoms with E-state index in [1.165, 1.54) is 0 Å². The molecule has 0 amide bonds. The summed E-state index contributed by atoms with van der Waals surface area (Å²) in [5.74, 6) is 0.838. The van der Waals surface area contributed by atoms with Gasteiger partial charge < -0.3 is 24.0 Å². The number of nitrogens with zero attached hydrogens (tertiary/aromatic N) is 2. The molecule has 0 aliphatic heterocycles. The van der Waals surface area contributed by atoms with Gasteiger partial charge in [0.2, 0.25) is 23.0 Å². The van der Waals surface area contributed by atoms with Crippen molar-refractivity contribution in [3.8, 4) is 0 Å². The van der Waals surface area contributed by atoms with E-state index in [0.29, 0.717) is 22.5 Å². The molecule has 0 fully saturated rings. The van der Waals surface area contributed by atoms with Gasteiger partial charge in [-0.05, 0) is 0 Å². The zero-order valence-electron chi connectivity index (χ0n) is 11.6. The average Bonchev–Trinajstić information content (AvgIpc) is 2.67. The van der Waals surface area contributed by atoms with Gasteiger partial charge in [-0.1, -0.05) is 31.2 Å². The third kappa shape index (κ3) is 1.76. The van der Waals surface area contributed by atoms with Gasteiger partial charge in [-0.15, -0.1) is 0 Å². The smallest absolute Gasteiger partial charge is 0.256 e. The van der Waals surface area contributed by atoms with Gasteiger partial charge in [0.05, 0.1) is 14.1 Å². The fourth-order valence-corrected chi connectivity index (χ4v) is 2.93. The van der Waals surface area contributed by atoms with E-state index >= 15 is 0 Å². The predicted molar refractivity (Wildman–Crippen MR) is 69.3 cm³/mol. The fraction of sp³-hybridized carbons (Fsp3) is 0.267. The van der Waals surface area contributed by atoms with E-state index in [0.717, 1.165) is 12.2 Å². The minimum Gasteiger partial charge on any atom is -1.00 e. The molecule has 20 heavy (non-hydrogen) atoms. The normalized spacial score (nSPS) is 12.8. The second-order valence-electron chi connectivity index (χ2n) is 4.79. The molecular weight excluding hydrogens is 367 g/mol. The number of carbonyl (C=O) groups excluding carboxylic acids is 2. The Morgan fingerprint density at radius 1 is 1.10 bits per heavy atom. The number of halogens is 1. The van der Waals surface area contributed by atoms with Crippen LogP contribution in [0.4, 0.5) is 0 Å². The molecule has 0 saturated carbocycles. The van der Waals surface area contributed by atoms with Crippen molar-refractivity contribution in [2.24, 2.45) is 14.1 Å². The van der Waals surface area contributed by atoms with E-state index in [4.69, 9.17) is 0 Å². The lowest BCUT2D eigenvalue weighted by molar-refractivity contribution is -0.680. The van der Waals surface area contributed by atoms with Crippen LogP contribution >= 0.6 is 0 Å². The molecule has 1 aliphatic rings. The van der Waals surface area contributed by atoms with Gasteiger partial charge in [0.15, 0.2) is 0 Å². The zero-order valence-corrected chi connectivity index (χ0v) is 13.8. The highest BCUT2D eigenvalue weighted by atomic mass is 127. The van der Waals surface area contributed by atoms with E-state index in [2.05, 4.69) is 0 Å². The molecule has 3 rings (SSSR count). The Bertz CT molecular complexity index is 673. The number of rotatable bonds is 1. The molecule has 104 valence electrons. The maximum Gasteiger partial charge on any atom is 0.256 e. The van der Waals surface area contributed by atoms with Crippen molar-refractivity contribution < 1.29 is 38.1 Å². The number of aromatic nitrogens is 2. The first-order valence-electron chi connectivity index (χ1n) is 6.34. The summed E-state index contributed by atoms with van der Waals surface area (Å²) in [5.41, 5.74) is 2.01. The number of hydrogen-bond acceptors (Lipinski definition) is 2. The molecule has 0 N–H and O–H groups in total. The van der Waals surface area contributed by atoms with Crippen molar-refractivity contribution in [2.45, 2.75) is 13.3 Å². The lowest BCUT2D eigenvalue weighted by atomic mass is 9.90. The number of hydrogen-bond donors (Lipinski definition) is 0. The van der Waals surface area contributed by atoms with Gasteiger partial charge in [0, 0.05) is 17.5 Å². The summed E-state index contributed by atoms with van der Waals surface area (Å²) in [6.45, 7) is 2.02. The molecule has 0 bridgehead atoms. The summed E-state index contributed by atoms with van der Waals surface area (Å²) in [5, 5.41) is 0. The topological polar surface area (TPSA) is 43.0 Å². The van der Waals surface area contributed by atoms with Crippen LogP contribution < -0.4 is 28.5 Å². The molecule has 0 atom stereocenters. The molecule has 5 heteroatoms. The first kappa shape index (κ1) is 14.9. The first-order valence-corrected chi connectivity index (χ1v) is 6.34. The Balaban J connectivity index is 0.00000147. The highest BCUT2D eigenvalue weighted by Crippen LogP contribution is 2.26. The van der Waals surface area contributed by atoms with Crippen molar-refractivity contribution >= 4 is 11.6 Å². The molecular formula is C15H15IN2O2. The lowest BCUT2D eigenvalue weighted by Crippen LogP contribution is -3.00. The van der Waals surface area contributed by atoms with Gasteiger partial charge in [0.1, 0.15) is 0 Å². The Kier molecular flexibility index (Phi) is 3.82. The van der Waals surface area contributed by atoms with E-state index in [-0.39, 0.29) is 35.5 Å². The third-order valence-electron chi connectivity index (χ3n) is 3.83. The van der Waals surface area contributed by atoms with Crippen molar-refractivity contribution in [1.29, 1.82) is 0 Å². The SMILES string of the molecule is CCc1n(C)c2c([n+]1C)C(=O)c1ccccc1C2=O.[I-]. The summed E-state index contributed by atoms with van der Waals surface area (Å²) in [6, 6.07) is 7.02. The number of imidazole rings is 1. The number of ketones is 2. The Morgan fingerprint density at radius 2 is 1.65 bits per heavy atom. The van der Waals surface area contributed by atoms with Gasteiger partial charge in [-0.2, -0.15) is 0 Å². The van der Waals surface area contributed by atoms with E-state index in [1.807, 2.05) is 30.2 Å². The molecule has 0 unspecified atom stereocenters. The first-order chi connectivity index (χ1) is 9.07. The van der Waals surface area contributed by atoms with Gasteiger partial charge >= 0.3 is 0 Å². The van der Waals surface area contributed by atoms with Crippen molar-refractivity contribution in [2.75, 3.05) is 0 Å². The molecule has 2 aromatic rings. The molecule has 1 aliphatic carbocycles. The fourth-order valence-electron chi connectivity index (χ4n) is 2.93. The predicted octanol–water partition coefficient (Wildman–Crippen LogP) is -1.81. The maximum absolute atomic E-state index is 12.6. The standard InChI is InChI=1S/C15H15N2O2.HI/c1-4-11-16(2)12-13(17(11)3)15(19)10-8-6-5-7-9(10)14(12)18;/h5-8H,4H2,1-3H3;1H/q+1;/p-1. The van der Waals surface area contributed by atoms with Crippen LogP contribution in [-0.2, 0) is 20.5 Å². The number of benzene rings is 1. The third-order valence-corrected chi connectivity index (χ3v) is 3.83. The lowest BCUT2D eigenvalue weighted by Gasteiger charge is -2.11. The summed E-state index contributed by atoms with van der Waals surface area (Å²) >= 11 is 0. The van der Waals surface area contributed by atoms with Crippen molar-refractivity contribution in [3.63, 3.8) is 0 Å². The molecule has 1 heterocycles. The summed E-state index contributed by atoms with van der Waals surface area (Å²) in [6.07, 6.45) is 0.775. The van der Waals surface area contributed by atoms with Gasteiger partial charge in [-0.3, -0.25) is 9.59 Å². The largest absolute Gasteiger partial charge is 1.00 e. The summed E-state index contributed by atoms with van der Waals surface area (Å²) in [4.78, 5) is 25.1. The van der Waals surface area contributed by atoms with Crippen molar-refractivity contribution in [3.05, 3.63) is 52.6 Å². The monoisotopic (exact) mass is 382 g/mol. The number of fused-ring (bicyclic) bond motifs is 2. The molecule has 1 aromatic heterocycles. The van der Waals surface area contributed by atoms with Crippen LogP contribution in [0, 0.1) is 0 Å². The Hall–Kier alpha value is -1.50. The van der Waals surface area contributed by atoms with Crippen LogP contribution in [0.5, 0.6) is 0 Å². The molecule has 4 nitrogen and oxygen atoms in total. The van der Waals surface area contributed by atoms with Crippen LogP contribution in [0.3, 0.4) is 0 Å². The quantitative estimate of drug-likeness (QED) is 0.368. The molecule has 0 spiro atoms. The van der Waals surface area contributed by atoms with Crippen LogP contribution in [-0.4, -0.2) is 16.1 Å². The molecule has 1 aromatic carbocycles. The van der Waals surface area contributed by atoms with Gasteiger partial charge in [0.25, 0.3) is 5.82 Å². The van der Waals surface area contributed by atoms with Crippen molar-refractivity contribution in [1.82, 2.24) is 4.57 Å². The highest BCUT2D eigenvalue weighted by Gasteiger charge is 2.41. The average molecular weight is 382 g/mol. The molecule has 0 saturated heterocycles. The van der Waals surface area contributed by atoms with Crippen LogP contribution in [0.1, 0.15) is 44.9 Å². The van der Waals surface area contributed by atoms with Gasteiger partial charge in [-0.25, -0.2) is 9.13 Å². The molecule has 0 radical (unpaired) electrons. The highest BCUT2D eigenvalue weighted by molar-refractivity contribution is 6.26. The van der Waals surface area contributed by atoms with E-state index in [9.17, 15) is 9.59 Å². The van der Waals surface area contributed by atoms with Crippen LogP contribution in [0.2, 0.25) is 0 Å².